The van der Waals surface area contributed by atoms with E-state index in [9.17, 15) is 4.79 Å². The smallest absolute Gasteiger partial charge is 0.220 e. The van der Waals surface area contributed by atoms with Crippen molar-refractivity contribution in [1.29, 1.82) is 0 Å². The van der Waals surface area contributed by atoms with E-state index in [1.165, 1.54) is 5.56 Å². The largest absolute Gasteiger partial charge is 0.493 e. The van der Waals surface area contributed by atoms with Crippen LogP contribution in [0.1, 0.15) is 25.3 Å². The summed E-state index contributed by atoms with van der Waals surface area (Å²) >= 11 is 0. The summed E-state index contributed by atoms with van der Waals surface area (Å²) in [4.78, 5) is 11.2. The number of nitrogens with one attached hydrogen (secondary N) is 2. The Morgan fingerprint density at radius 1 is 1.33 bits per heavy atom. The number of rotatable bonds is 7. The third-order valence-electron chi connectivity index (χ3n) is 3.79. The van der Waals surface area contributed by atoms with Gasteiger partial charge in [0.2, 0.25) is 5.91 Å². The lowest BCUT2D eigenvalue weighted by Gasteiger charge is -2.18. The molecule has 1 saturated heterocycles. The quantitative estimate of drug-likeness (QED) is 0.799. The van der Waals surface area contributed by atoms with Gasteiger partial charge in [-0.2, -0.15) is 0 Å². The summed E-state index contributed by atoms with van der Waals surface area (Å²) < 4.78 is 10.6. The first kappa shape index (κ1) is 15.6. The van der Waals surface area contributed by atoms with E-state index in [1.807, 2.05) is 12.1 Å². The van der Waals surface area contributed by atoms with E-state index in [1.54, 1.807) is 14.2 Å². The molecule has 1 aromatic rings. The molecule has 0 aromatic heterocycles. The highest BCUT2D eigenvalue weighted by molar-refractivity contribution is 5.78. The van der Waals surface area contributed by atoms with Gasteiger partial charge in [0.1, 0.15) is 0 Å². The second-order valence-corrected chi connectivity index (χ2v) is 5.51. The van der Waals surface area contributed by atoms with E-state index in [4.69, 9.17) is 9.47 Å². The maximum atomic E-state index is 11.2. The zero-order valence-corrected chi connectivity index (χ0v) is 12.9. The van der Waals surface area contributed by atoms with E-state index >= 15 is 0 Å². The molecule has 1 aromatic carbocycles. The van der Waals surface area contributed by atoms with Crippen molar-refractivity contribution in [3.63, 3.8) is 0 Å². The monoisotopic (exact) mass is 292 g/mol. The molecule has 0 spiro atoms. The SMILES string of the molecule is COc1ccc(CC(C)NCC2CCC(=O)N2)cc1OC. The Hall–Kier alpha value is -1.75. The normalized spacial score (nSPS) is 19.2. The Morgan fingerprint density at radius 3 is 2.71 bits per heavy atom. The summed E-state index contributed by atoms with van der Waals surface area (Å²) in [5.74, 6) is 1.66. The van der Waals surface area contributed by atoms with Crippen LogP contribution >= 0.6 is 0 Å². The number of carbonyl (C=O) groups excluding carboxylic acids is 1. The van der Waals surface area contributed by atoms with Crippen LogP contribution in [-0.2, 0) is 11.2 Å². The van der Waals surface area contributed by atoms with Crippen molar-refractivity contribution in [3.8, 4) is 11.5 Å². The molecule has 2 unspecified atom stereocenters. The zero-order chi connectivity index (χ0) is 15.2. The number of ether oxygens (including phenoxy) is 2. The second-order valence-electron chi connectivity index (χ2n) is 5.51. The molecule has 0 saturated carbocycles. The van der Waals surface area contributed by atoms with Gasteiger partial charge >= 0.3 is 0 Å². The number of hydrogen-bond acceptors (Lipinski definition) is 4. The average molecular weight is 292 g/mol. The predicted octanol–water partition coefficient (Wildman–Crippen LogP) is 1.50. The van der Waals surface area contributed by atoms with E-state index in [-0.39, 0.29) is 11.9 Å². The summed E-state index contributed by atoms with van der Waals surface area (Å²) in [7, 11) is 3.28. The van der Waals surface area contributed by atoms with Crippen molar-refractivity contribution >= 4 is 5.91 Å². The summed E-state index contributed by atoms with van der Waals surface area (Å²) in [6.45, 7) is 2.97. The molecule has 116 valence electrons. The summed E-state index contributed by atoms with van der Waals surface area (Å²) in [6, 6.07) is 6.59. The lowest BCUT2D eigenvalue weighted by molar-refractivity contribution is -0.119. The Morgan fingerprint density at radius 2 is 2.10 bits per heavy atom. The van der Waals surface area contributed by atoms with Crippen molar-refractivity contribution in [2.24, 2.45) is 0 Å². The molecule has 5 heteroatoms. The van der Waals surface area contributed by atoms with Crippen molar-refractivity contribution in [2.45, 2.75) is 38.3 Å². The van der Waals surface area contributed by atoms with Gasteiger partial charge in [-0.3, -0.25) is 4.79 Å². The van der Waals surface area contributed by atoms with Gasteiger partial charge in [0.05, 0.1) is 14.2 Å². The molecule has 0 aliphatic carbocycles. The van der Waals surface area contributed by atoms with Gasteiger partial charge < -0.3 is 20.1 Å². The minimum Gasteiger partial charge on any atom is -0.493 e. The summed E-state index contributed by atoms with van der Waals surface area (Å²) in [5, 5.41) is 6.44. The van der Waals surface area contributed by atoms with Crippen LogP contribution in [-0.4, -0.2) is 38.8 Å². The molecule has 0 bridgehead atoms. The van der Waals surface area contributed by atoms with Crippen molar-refractivity contribution < 1.29 is 14.3 Å². The summed E-state index contributed by atoms with van der Waals surface area (Å²) in [6.07, 6.45) is 2.48. The standard InChI is InChI=1S/C16H24N2O3/c1-11(17-10-13-5-7-16(19)18-13)8-12-4-6-14(20-2)15(9-12)21-3/h4,6,9,11,13,17H,5,7-8,10H2,1-3H3,(H,18,19). The van der Waals surface area contributed by atoms with Gasteiger partial charge in [-0.05, 0) is 37.5 Å². The minimum absolute atomic E-state index is 0.161. The molecule has 1 heterocycles. The van der Waals surface area contributed by atoms with Crippen LogP contribution in [0.25, 0.3) is 0 Å². The van der Waals surface area contributed by atoms with Crippen molar-refractivity contribution in [3.05, 3.63) is 23.8 Å². The van der Waals surface area contributed by atoms with Crippen LogP contribution < -0.4 is 20.1 Å². The first-order valence-electron chi connectivity index (χ1n) is 7.36. The Balaban J connectivity index is 1.84. The molecular weight excluding hydrogens is 268 g/mol. The highest BCUT2D eigenvalue weighted by Crippen LogP contribution is 2.27. The highest BCUT2D eigenvalue weighted by Gasteiger charge is 2.20. The molecule has 1 fully saturated rings. The van der Waals surface area contributed by atoms with Gasteiger partial charge in [-0.25, -0.2) is 0 Å². The molecule has 1 aliphatic heterocycles. The first-order valence-corrected chi connectivity index (χ1v) is 7.36. The number of methoxy groups -OCH3 is 2. The van der Waals surface area contributed by atoms with Gasteiger partial charge in [0.15, 0.2) is 11.5 Å². The minimum atomic E-state index is 0.161. The molecule has 2 atom stereocenters. The average Bonchev–Trinajstić information content (AvgIpc) is 2.90. The van der Waals surface area contributed by atoms with Crippen LogP contribution in [0.5, 0.6) is 11.5 Å². The van der Waals surface area contributed by atoms with E-state index < -0.39 is 0 Å². The fraction of sp³-hybridized carbons (Fsp3) is 0.562. The maximum Gasteiger partial charge on any atom is 0.220 e. The van der Waals surface area contributed by atoms with Crippen LogP contribution in [0.2, 0.25) is 0 Å². The lowest BCUT2D eigenvalue weighted by Crippen LogP contribution is -2.40. The van der Waals surface area contributed by atoms with Crippen molar-refractivity contribution in [2.75, 3.05) is 20.8 Å². The number of benzene rings is 1. The van der Waals surface area contributed by atoms with Gasteiger partial charge in [-0.1, -0.05) is 6.07 Å². The Bertz CT molecular complexity index is 490. The van der Waals surface area contributed by atoms with Gasteiger partial charge in [0.25, 0.3) is 0 Å². The van der Waals surface area contributed by atoms with Crippen LogP contribution in [0.3, 0.4) is 0 Å². The van der Waals surface area contributed by atoms with Crippen LogP contribution in [0, 0.1) is 0 Å². The Kier molecular flexibility index (Phi) is 5.44. The molecule has 21 heavy (non-hydrogen) atoms. The van der Waals surface area contributed by atoms with Crippen molar-refractivity contribution in [1.82, 2.24) is 10.6 Å². The van der Waals surface area contributed by atoms with Gasteiger partial charge in [0, 0.05) is 25.0 Å². The first-order chi connectivity index (χ1) is 10.1. The second kappa shape index (κ2) is 7.31. The van der Waals surface area contributed by atoms with Crippen LogP contribution in [0.4, 0.5) is 0 Å². The third kappa shape index (κ3) is 4.36. The highest BCUT2D eigenvalue weighted by atomic mass is 16.5. The van der Waals surface area contributed by atoms with E-state index in [0.29, 0.717) is 12.5 Å². The summed E-state index contributed by atoms with van der Waals surface area (Å²) in [5.41, 5.74) is 1.20. The fourth-order valence-electron chi connectivity index (χ4n) is 2.61. The topological polar surface area (TPSA) is 59.6 Å². The molecular formula is C16H24N2O3. The van der Waals surface area contributed by atoms with E-state index in [2.05, 4.69) is 23.6 Å². The molecule has 5 nitrogen and oxygen atoms in total. The molecule has 0 radical (unpaired) electrons. The number of carbonyl (C=O) groups is 1. The zero-order valence-electron chi connectivity index (χ0n) is 12.9. The number of hydrogen-bond donors (Lipinski definition) is 2. The molecule has 1 aliphatic rings. The molecule has 1 amide bonds. The predicted molar refractivity (Wildman–Crippen MR) is 81.9 cm³/mol. The van der Waals surface area contributed by atoms with Crippen LogP contribution in [0.15, 0.2) is 18.2 Å². The van der Waals surface area contributed by atoms with Gasteiger partial charge in [-0.15, -0.1) is 0 Å². The molecule has 2 rings (SSSR count). The lowest BCUT2D eigenvalue weighted by atomic mass is 10.1. The fourth-order valence-corrected chi connectivity index (χ4v) is 2.61. The number of amides is 1. The van der Waals surface area contributed by atoms with E-state index in [0.717, 1.165) is 30.9 Å². The maximum absolute atomic E-state index is 11.2. The third-order valence-corrected chi connectivity index (χ3v) is 3.79. The molecule has 2 N–H and O–H groups in total. The Labute approximate surface area is 126 Å².